The van der Waals surface area contributed by atoms with Crippen LogP contribution in [0.5, 0.6) is 5.75 Å². The van der Waals surface area contributed by atoms with Gasteiger partial charge in [-0.05, 0) is 55.7 Å². The van der Waals surface area contributed by atoms with Crippen LogP contribution < -0.4 is 4.90 Å². The molecule has 3 heteroatoms. The molecule has 0 bridgehead atoms. The fourth-order valence-corrected chi connectivity index (χ4v) is 2.88. The van der Waals surface area contributed by atoms with Crippen LogP contribution in [0.2, 0.25) is 0 Å². The molecule has 1 heterocycles. The molecule has 1 aliphatic rings. The Bertz CT molecular complexity index is 661. The van der Waals surface area contributed by atoms with Gasteiger partial charge in [0.2, 0.25) is 0 Å². The van der Waals surface area contributed by atoms with Crippen LogP contribution in [0.25, 0.3) is 0 Å². The second-order valence-electron chi connectivity index (χ2n) is 5.63. The third-order valence-electron chi connectivity index (χ3n) is 3.97. The molecule has 0 saturated heterocycles. The largest absolute Gasteiger partial charge is 0.508 e. The smallest absolute Gasteiger partial charge is 0.182 e. The van der Waals surface area contributed by atoms with E-state index in [1.54, 1.807) is 24.3 Å². The third kappa shape index (κ3) is 2.92. The fourth-order valence-electron chi connectivity index (χ4n) is 2.88. The number of hydrogen-bond donors (Lipinski definition) is 1. The van der Waals surface area contributed by atoms with Gasteiger partial charge in [0.05, 0.1) is 6.54 Å². The first-order valence-corrected chi connectivity index (χ1v) is 7.30. The summed E-state index contributed by atoms with van der Waals surface area (Å²) in [7, 11) is 0. The number of nitrogens with zero attached hydrogens (tertiary/aromatic N) is 1. The van der Waals surface area contributed by atoms with E-state index >= 15 is 0 Å². The zero-order chi connectivity index (χ0) is 14.8. The lowest BCUT2D eigenvalue weighted by Gasteiger charge is -2.31. The number of phenolic OH excluding ortho intramolecular Hbond substituents is 1. The van der Waals surface area contributed by atoms with E-state index in [1.165, 1.54) is 16.8 Å². The Balaban J connectivity index is 1.80. The summed E-state index contributed by atoms with van der Waals surface area (Å²) < 4.78 is 0. The van der Waals surface area contributed by atoms with Crippen LogP contribution >= 0.6 is 0 Å². The molecule has 0 unspecified atom stereocenters. The van der Waals surface area contributed by atoms with Gasteiger partial charge >= 0.3 is 0 Å². The number of fused-ring (bicyclic) bond motifs is 1. The van der Waals surface area contributed by atoms with Gasteiger partial charge in [-0.25, -0.2) is 0 Å². The molecule has 3 nitrogen and oxygen atoms in total. The standard InChI is InChI=1S/C18H19NO2/c1-13-4-9-17-15(11-13)3-2-10-19(17)12-18(21)14-5-7-16(20)8-6-14/h4-9,11,20H,2-3,10,12H2,1H3. The number of aromatic hydroxyl groups is 1. The SMILES string of the molecule is Cc1ccc2c(c1)CCCN2CC(=O)c1ccc(O)cc1. The zero-order valence-electron chi connectivity index (χ0n) is 12.2. The summed E-state index contributed by atoms with van der Waals surface area (Å²) >= 11 is 0. The maximum atomic E-state index is 12.4. The Morgan fingerprint density at radius 2 is 1.95 bits per heavy atom. The number of aryl methyl sites for hydroxylation is 2. The second kappa shape index (κ2) is 5.60. The number of rotatable bonds is 3. The van der Waals surface area contributed by atoms with E-state index < -0.39 is 0 Å². The van der Waals surface area contributed by atoms with E-state index in [2.05, 4.69) is 30.0 Å². The lowest BCUT2D eigenvalue weighted by Crippen LogP contribution is -2.34. The predicted molar refractivity (Wildman–Crippen MR) is 84.2 cm³/mol. The van der Waals surface area contributed by atoms with Gasteiger partial charge in [-0.1, -0.05) is 17.7 Å². The fraction of sp³-hybridized carbons (Fsp3) is 0.278. The quantitative estimate of drug-likeness (QED) is 0.877. The van der Waals surface area contributed by atoms with Gasteiger partial charge in [-0.15, -0.1) is 0 Å². The number of hydrogen-bond acceptors (Lipinski definition) is 3. The number of carbonyl (C=O) groups excluding carboxylic acids is 1. The molecule has 2 aromatic carbocycles. The van der Waals surface area contributed by atoms with Crippen LogP contribution in [-0.2, 0) is 6.42 Å². The highest BCUT2D eigenvalue weighted by atomic mass is 16.3. The molecule has 21 heavy (non-hydrogen) atoms. The number of anilines is 1. The molecule has 1 aliphatic heterocycles. The third-order valence-corrected chi connectivity index (χ3v) is 3.97. The van der Waals surface area contributed by atoms with Gasteiger partial charge in [-0.3, -0.25) is 4.79 Å². The van der Waals surface area contributed by atoms with E-state index in [1.807, 2.05) is 0 Å². The molecule has 0 aromatic heterocycles. The topological polar surface area (TPSA) is 40.5 Å². The maximum absolute atomic E-state index is 12.4. The average Bonchev–Trinajstić information content (AvgIpc) is 2.47. The minimum Gasteiger partial charge on any atom is -0.508 e. The number of ketones is 1. The molecule has 2 aromatic rings. The molecule has 0 atom stereocenters. The normalized spacial score (nSPS) is 13.9. The highest BCUT2D eigenvalue weighted by Crippen LogP contribution is 2.28. The molecule has 1 N–H and O–H groups in total. The highest BCUT2D eigenvalue weighted by molar-refractivity contribution is 5.99. The van der Waals surface area contributed by atoms with Crippen molar-refractivity contribution < 1.29 is 9.90 Å². The maximum Gasteiger partial charge on any atom is 0.182 e. The van der Waals surface area contributed by atoms with Crippen molar-refractivity contribution in [2.75, 3.05) is 18.0 Å². The van der Waals surface area contributed by atoms with Crippen LogP contribution in [0.15, 0.2) is 42.5 Å². The monoisotopic (exact) mass is 281 g/mol. The molecule has 0 radical (unpaired) electrons. The van der Waals surface area contributed by atoms with Crippen molar-refractivity contribution in [1.29, 1.82) is 0 Å². The highest BCUT2D eigenvalue weighted by Gasteiger charge is 2.19. The zero-order valence-corrected chi connectivity index (χ0v) is 12.2. The number of carbonyl (C=O) groups is 1. The van der Waals surface area contributed by atoms with Crippen molar-refractivity contribution in [3.63, 3.8) is 0 Å². The molecule has 0 spiro atoms. The van der Waals surface area contributed by atoms with E-state index in [-0.39, 0.29) is 11.5 Å². The van der Waals surface area contributed by atoms with Crippen molar-refractivity contribution in [3.05, 3.63) is 59.2 Å². The number of phenols is 1. The molecule has 108 valence electrons. The number of benzene rings is 2. The van der Waals surface area contributed by atoms with Crippen molar-refractivity contribution in [2.45, 2.75) is 19.8 Å². The second-order valence-corrected chi connectivity index (χ2v) is 5.63. The summed E-state index contributed by atoms with van der Waals surface area (Å²) in [6.07, 6.45) is 2.17. The number of Topliss-reactive ketones (excluding diaryl/α,β-unsaturated/α-hetero) is 1. The summed E-state index contributed by atoms with van der Waals surface area (Å²) in [5.74, 6) is 0.272. The summed E-state index contributed by atoms with van der Waals surface area (Å²) in [5, 5.41) is 9.29. The minimum absolute atomic E-state index is 0.0865. The van der Waals surface area contributed by atoms with Gasteiger partial charge in [0.15, 0.2) is 5.78 Å². The van der Waals surface area contributed by atoms with Crippen LogP contribution in [0.1, 0.15) is 27.9 Å². The first-order valence-electron chi connectivity index (χ1n) is 7.30. The summed E-state index contributed by atoms with van der Waals surface area (Å²) in [4.78, 5) is 14.5. The van der Waals surface area contributed by atoms with Gasteiger partial charge in [0.25, 0.3) is 0 Å². The van der Waals surface area contributed by atoms with Crippen LogP contribution in [0.3, 0.4) is 0 Å². The molecular formula is C18H19NO2. The van der Waals surface area contributed by atoms with Gasteiger partial charge < -0.3 is 10.0 Å². The lowest BCUT2D eigenvalue weighted by molar-refractivity contribution is 0.0998. The van der Waals surface area contributed by atoms with Crippen molar-refractivity contribution >= 4 is 11.5 Å². The van der Waals surface area contributed by atoms with E-state index in [9.17, 15) is 9.90 Å². The Morgan fingerprint density at radius 3 is 2.71 bits per heavy atom. The predicted octanol–water partition coefficient (Wildman–Crippen LogP) is 3.34. The Labute approximate surface area is 124 Å². The Hall–Kier alpha value is -2.29. The molecule has 0 aliphatic carbocycles. The van der Waals surface area contributed by atoms with Crippen molar-refractivity contribution in [1.82, 2.24) is 0 Å². The Kier molecular flexibility index (Phi) is 3.65. The summed E-state index contributed by atoms with van der Waals surface area (Å²) in [5.41, 5.74) is 4.42. The minimum atomic E-state index is 0.0865. The van der Waals surface area contributed by atoms with E-state index in [4.69, 9.17) is 0 Å². The summed E-state index contributed by atoms with van der Waals surface area (Å²) in [6.45, 7) is 3.40. The van der Waals surface area contributed by atoms with Crippen molar-refractivity contribution in [2.24, 2.45) is 0 Å². The van der Waals surface area contributed by atoms with Crippen LogP contribution in [0.4, 0.5) is 5.69 Å². The Morgan fingerprint density at radius 1 is 1.19 bits per heavy atom. The first kappa shape index (κ1) is 13.7. The van der Waals surface area contributed by atoms with E-state index in [0.29, 0.717) is 12.1 Å². The van der Waals surface area contributed by atoms with Crippen LogP contribution in [-0.4, -0.2) is 24.0 Å². The first-order chi connectivity index (χ1) is 10.1. The summed E-state index contributed by atoms with van der Waals surface area (Å²) in [6, 6.07) is 12.9. The average molecular weight is 281 g/mol. The molecule has 0 amide bonds. The van der Waals surface area contributed by atoms with Crippen LogP contribution in [0, 0.1) is 6.92 Å². The van der Waals surface area contributed by atoms with Gasteiger partial charge in [-0.2, -0.15) is 0 Å². The van der Waals surface area contributed by atoms with Gasteiger partial charge in [0, 0.05) is 17.8 Å². The molecular weight excluding hydrogens is 262 g/mol. The molecule has 3 rings (SSSR count). The van der Waals surface area contributed by atoms with Crippen molar-refractivity contribution in [3.8, 4) is 5.75 Å². The van der Waals surface area contributed by atoms with E-state index in [0.717, 1.165) is 19.4 Å². The molecule has 0 saturated carbocycles. The molecule has 0 fully saturated rings. The van der Waals surface area contributed by atoms with Gasteiger partial charge in [0.1, 0.15) is 5.75 Å². The lowest BCUT2D eigenvalue weighted by atomic mass is 9.99.